The summed E-state index contributed by atoms with van der Waals surface area (Å²) in [5.41, 5.74) is -2.39. The van der Waals surface area contributed by atoms with Crippen molar-refractivity contribution in [2.75, 3.05) is 0 Å². The van der Waals surface area contributed by atoms with Gasteiger partial charge in [0, 0.05) is 0 Å². The van der Waals surface area contributed by atoms with Gasteiger partial charge in [0.1, 0.15) is 6.10 Å². The summed E-state index contributed by atoms with van der Waals surface area (Å²) in [7, 11) is 0. The van der Waals surface area contributed by atoms with E-state index in [0.29, 0.717) is 0 Å². The predicted octanol–water partition coefficient (Wildman–Crippen LogP) is -2.14. The fourth-order valence-corrected chi connectivity index (χ4v) is 0.524. The molecule has 5 heteroatoms. The predicted molar refractivity (Wildman–Crippen MR) is 34.8 cm³/mol. The Bertz CT molecular complexity index is 155. The highest BCUT2D eigenvalue weighted by Crippen LogP contribution is 2.11. The minimum Gasteiger partial charge on any atom is -0.390 e. The molecule has 5 nitrogen and oxygen atoms in total. The van der Waals surface area contributed by atoms with E-state index in [4.69, 9.17) is 15.3 Å². The average molecular weight is 162 g/mol. The van der Waals surface area contributed by atoms with E-state index in [1.165, 1.54) is 0 Å². The third kappa shape index (κ3) is 1.83. The van der Waals surface area contributed by atoms with Crippen molar-refractivity contribution in [3.8, 4) is 0 Å². The van der Waals surface area contributed by atoms with Crippen molar-refractivity contribution in [1.82, 2.24) is 0 Å². The van der Waals surface area contributed by atoms with Gasteiger partial charge in [-0.2, -0.15) is 0 Å². The van der Waals surface area contributed by atoms with Gasteiger partial charge in [-0.15, -0.1) is 0 Å². The number of carbonyl (C=O) groups excluding carboxylic acids is 2. The van der Waals surface area contributed by atoms with Gasteiger partial charge in [0.15, 0.2) is 18.2 Å². The lowest BCUT2D eigenvalue weighted by Crippen LogP contribution is -2.53. The Labute approximate surface area is 63.3 Å². The molecule has 0 aliphatic heterocycles. The van der Waals surface area contributed by atoms with Crippen LogP contribution in [0.15, 0.2) is 0 Å². The quantitative estimate of drug-likeness (QED) is 0.410. The molecule has 0 rings (SSSR count). The second-order valence-corrected chi connectivity index (χ2v) is 2.26. The van der Waals surface area contributed by atoms with Crippen LogP contribution in [0.1, 0.15) is 6.92 Å². The molecule has 0 unspecified atom stereocenters. The molecule has 0 saturated carbocycles. The van der Waals surface area contributed by atoms with Crippen LogP contribution in [-0.4, -0.2) is 45.7 Å². The van der Waals surface area contributed by atoms with E-state index in [9.17, 15) is 9.59 Å². The number of hydrogen-bond acceptors (Lipinski definition) is 5. The standard InChI is InChI=1S/C6H10O5/c1-4(9)6(11,3-8)5(10)2-7/h2-5,9-11H,1H3/t4-,5+,6-/m1/s1. The summed E-state index contributed by atoms with van der Waals surface area (Å²) >= 11 is 0. The first-order valence-corrected chi connectivity index (χ1v) is 2.99. The Balaban J connectivity index is 4.57. The van der Waals surface area contributed by atoms with Gasteiger partial charge in [0.05, 0.1) is 6.10 Å². The third-order valence-electron chi connectivity index (χ3n) is 1.46. The van der Waals surface area contributed by atoms with E-state index in [-0.39, 0.29) is 12.6 Å². The molecule has 0 amide bonds. The van der Waals surface area contributed by atoms with Crippen LogP contribution in [0, 0.1) is 0 Å². The zero-order valence-electron chi connectivity index (χ0n) is 5.97. The molecule has 3 N–H and O–H groups in total. The number of rotatable bonds is 4. The normalized spacial score (nSPS) is 21.5. The average Bonchev–Trinajstić information content (AvgIpc) is 2.01. The van der Waals surface area contributed by atoms with E-state index in [1.54, 1.807) is 0 Å². The smallest absolute Gasteiger partial charge is 0.178 e. The van der Waals surface area contributed by atoms with E-state index >= 15 is 0 Å². The SMILES string of the molecule is C[C@@H](O)[C@](O)(C=O)[C@@H](O)C=O. The van der Waals surface area contributed by atoms with Crippen LogP contribution in [0.3, 0.4) is 0 Å². The first kappa shape index (κ1) is 10.2. The van der Waals surface area contributed by atoms with Crippen LogP contribution in [-0.2, 0) is 9.59 Å². The van der Waals surface area contributed by atoms with E-state index < -0.39 is 17.8 Å². The molecule has 0 fully saturated rings. The Morgan fingerprint density at radius 2 is 1.82 bits per heavy atom. The maximum Gasteiger partial charge on any atom is 0.178 e. The van der Waals surface area contributed by atoms with Gasteiger partial charge in [0.2, 0.25) is 0 Å². The molecule has 3 atom stereocenters. The highest BCUT2D eigenvalue weighted by Gasteiger charge is 2.40. The molecule has 0 aromatic rings. The fraction of sp³-hybridized carbons (Fsp3) is 0.667. The van der Waals surface area contributed by atoms with Crippen LogP contribution in [0.5, 0.6) is 0 Å². The Hall–Kier alpha value is -0.780. The van der Waals surface area contributed by atoms with Crippen LogP contribution in [0.2, 0.25) is 0 Å². The minimum atomic E-state index is -2.39. The first-order chi connectivity index (χ1) is 4.99. The number of carbonyl (C=O) groups is 2. The van der Waals surface area contributed by atoms with Gasteiger partial charge >= 0.3 is 0 Å². The zero-order chi connectivity index (χ0) is 9.07. The summed E-state index contributed by atoms with van der Waals surface area (Å²) in [5.74, 6) is 0. The lowest BCUT2D eigenvalue weighted by molar-refractivity contribution is -0.160. The molecule has 0 aliphatic carbocycles. The second-order valence-electron chi connectivity index (χ2n) is 2.26. The third-order valence-corrected chi connectivity index (χ3v) is 1.46. The van der Waals surface area contributed by atoms with Crippen molar-refractivity contribution in [3.05, 3.63) is 0 Å². The first-order valence-electron chi connectivity index (χ1n) is 2.99. The van der Waals surface area contributed by atoms with Crippen molar-refractivity contribution < 1.29 is 24.9 Å². The van der Waals surface area contributed by atoms with Crippen LogP contribution in [0.4, 0.5) is 0 Å². The van der Waals surface area contributed by atoms with Gasteiger partial charge in [0.25, 0.3) is 0 Å². The summed E-state index contributed by atoms with van der Waals surface area (Å²) in [6.45, 7) is 1.10. The van der Waals surface area contributed by atoms with Gasteiger partial charge in [-0.3, -0.25) is 4.79 Å². The van der Waals surface area contributed by atoms with Crippen molar-refractivity contribution in [2.24, 2.45) is 0 Å². The van der Waals surface area contributed by atoms with Crippen LogP contribution < -0.4 is 0 Å². The number of aldehydes is 2. The van der Waals surface area contributed by atoms with E-state index in [2.05, 4.69) is 0 Å². The summed E-state index contributed by atoms with van der Waals surface area (Å²) in [4.78, 5) is 20.1. The molecule has 0 aromatic carbocycles. The van der Waals surface area contributed by atoms with Crippen molar-refractivity contribution >= 4 is 12.6 Å². The zero-order valence-corrected chi connectivity index (χ0v) is 5.97. The Kier molecular flexibility index (Phi) is 3.31. The fourth-order valence-electron chi connectivity index (χ4n) is 0.524. The summed E-state index contributed by atoms with van der Waals surface area (Å²) in [5, 5.41) is 26.6. The van der Waals surface area contributed by atoms with E-state index in [1.807, 2.05) is 0 Å². The molecule has 0 aliphatic rings. The molecule has 0 aromatic heterocycles. The van der Waals surface area contributed by atoms with Crippen LogP contribution >= 0.6 is 0 Å². The van der Waals surface area contributed by atoms with Gasteiger partial charge in [-0.1, -0.05) is 0 Å². The summed E-state index contributed by atoms with van der Waals surface area (Å²) in [6.07, 6.45) is -3.45. The van der Waals surface area contributed by atoms with Crippen molar-refractivity contribution in [3.63, 3.8) is 0 Å². The molecule has 11 heavy (non-hydrogen) atoms. The molecular formula is C6H10O5. The molecule has 0 radical (unpaired) electrons. The topological polar surface area (TPSA) is 94.8 Å². The Morgan fingerprint density at radius 1 is 1.36 bits per heavy atom. The summed E-state index contributed by atoms with van der Waals surface area (Å²) < 4.78 is 0. The highest BCUT2D eigenvalue weighted by molar-refractivity contribution is 5.73. The molecule has 0 saturated heterocycles. The maximum atomic E-state index is 10.1. The maximum absolute atomic E-state index is 10.1. The van der Waals surface area contributed by atoms with Crippen molar-refractivity contribution in [2.45, 2.75) is 24.7 Å². The lowest BCUT2D eigenvalue weighted by atomic mass is 9.94. The van der Waals surface area contributed by atoms with Gasteiger partial charge in [-0.25, -0.2) is 0 Å². The largest absolute Gasteiger partial charge is 0.390 e. The second kappa shape index (κ2) is 3.56. The van der Waals surface area contributed by atoms with Gasteiger partial charge < -0.3 is 20.1 Å². The Morgan fingerprint density at radius 3 is 1.91 bits per heavy atom. The molecule has 64 valence electrons. The molecular weight excluding hydrogens is 152 g/mol. The monoisotopic (exact) mass is 162 g/mol. The molecule has 0 spiro atoms. The number of aliphatic hydroxyl groups is 3. The molecule has 0 bridgehead atoms. The van der Waals surface area contributed by atoms with Crippen LogP contribution in [0.25, 0.3) is 0 Å². The highest BCUT2D eigenvalue weighted by atomic mass is 16.4. The lowest BCUT2D eigenvalue weighted by Gasteiger charge is -2.26. The van der Waals surface area contributed by atoms with Crippen molar-refractivity contribution in [1.29, 1.82) is 0 Å². The number of aliphatic hydroxyl groups excluding tert-OH is 2. The molecule has 0 heterocycles. The van der Waals surface area contributed by atoms with Gasteiger partial charge in [-0.05, 0) is 6.92 Å². The van der Waals surface area contributed by atoms with E-state index in [0.717, 1.165) is 6.92 Å². The summed E-state index contributed by atoms with van der Waals surface area (Å²) in [6, 6.07) is 0. The minimum absolute atomic E-state index is 0.0128. The number of hydrogen-bond donors (Lipinski definition) is 3.